The fourth-order valence-corrected chi connectivity index (χ4v) is 1.54. The van der Waals surface area contributed by atoms with Crippen LogP contribution in [0, 0.1) is 13.8 Å². The molecule has 0 aliphatic rings. The Bertz CT molecular complexity index is 456. The van der Waals surface area contributed by atoms with E-state index in [2.05, 4.69) is 11.9 Å². The van der Waals surface area contributed by atoms with Gasteiger partial charge in [0.25, 0.3) is 0 Å². The van der Waals surface area contributed by atoms with Crippen LogP contribution in [0.2, 0.25) is 0 Å². The fourth-order valence-electron chi connectivity index (χ4n) is 1.54. The summed E-state index contributed by atoms with van der Waals surface area (Å²) in [5, 5.41) is 0.938. The number of nitrogens with two attached hydrogens (primary N) is 2. The van der Waals surface area contributed by atoms with Crippen molar-refractivity contribution in [3.8, 4) is 0 Å². The van der Waals surface area contributed by atoms with Crippen molar-refractivity contribution in [2.45, 2.75) is 13.8 Å². The SMILES string of the molecule is Cc1ccc2c(N)c(N)cnc2c1C. The van der Waals surface area contributed by atoms with Crippen LogP contribution in [-0.4, -0.2) is 4.98 Å². The first-order valence-corrected chi connectivity index (χ1v) is 4.51. The highest BCUT2D eigenvalue weighted by atomic mass is 14.8. The molecule has 0 aliphatic heterocycles. The van der Waals surface area contributed by atoms with Gasteiger partial charge in [-0.3, -0.25) is 4.98 Å². The van der Waals surface area contributed by atoms with Gasteiger partial charge in [-0.1, -0.05) is 12.1 Å². The molecule has 0 radical (unpaired) electrons. The number of hydrogen-bond donors (Lipinski definition) is 2. The van der Waals surface area contributed by atoms with Crippen LogP contribution < -0.4 is 11.5 Å². The summed E-state index contributed by atoms with van der Waals surface area (Å²) >= 11 is 0. The molecule has 0 bridgehead atoms. The Morgan fingerprint density at radius 3 is 2.57 bits per heavy atom. The number of pyridine rings is 1. The summed E-state index contributed by atoms with van der Waals surface area (Å²) in [4.78, 5) is 4.30. The third kappa shape index (κ3) is 1.09. The maximum absolute atomic E-state index is 5.87. The highest BCUT2D eigenvalue weighted by molar-refractivity contribution is 5.97. The number of aryl methyl sites for hydroxylation is 2. The average molecular weight is 187 g/mol. The number of nitrogens with zero attached hydrogens (tertiary/aromatic N) is 1. The van der Waals surface area contributed by atoms with Gasteiger partial charge in [-0.2, -0.15) is 0 Å². The van der Waals surface area contributed by atoms with Crippen molar-refractivity contribution < 1.29 is 0 Å². The lowest BCUT2D eigenvalue weighted by atomic mass is 10.0. The highest BCUT2D eigenvalue weighted by Crippen LogP contribution is 2.27. The molecule has 72 valence electrons. The van der Waals surface area contributed by atoms with Crippen LogP contribution in [-0.2, 0) is 0 Å². The maximum Gasteiger partial charge on any atom is 0.0756 e. The smallest absolute Gasteiger partial charge is 0.0756 e. The van der Waals surface area contributed by atoms with Crippen LogP contribution in [0.3, 0.4) is 0 Å². The molecule has 14 heavy (non-hydrogen) atoms. The van der Waals surface area contributed by atoms with Gasteiger partial charge < -0.3 is 11.5 Å². The fraction of sp³-hybridized carbons (Fsp3) is 0.182. The van der Waals surface area contributed by atoms with E-state index in [1.807, 2.05) is 19.1 Å². The maximum atomic E-state index is 5.87. The van der Waals surface area contributed by atoms with Gasteiger partial charge in [0, 0.05) is 5.39 Å². The molecule has 0 aliphatic carbocycles. The molecule has 1 aromatic heterocycles. The third-order valence-electron chi connectivity index (χ3n) is 2.64. The van der Waals surface area contributed by atoms with Crippen LogP contribution in [0.5, 0.6) is 0 Å². The minimum atomic E-state index is 0.542. The molecule has 0 spiro atoms. The van der Waals surface area contributed by atoms with Crippen molar-refractivity contribution in [2.24, 2.45) is 0 Å². The molecule has 4 N–H and O–H groups in total. The van der Waals surface area contributed by atoms with Gasteiger partial charge in [-0.15, -0.1) is 0 Å². The number of hydrogen-bond acceptors (Lipinski definition) is 3. The number of nitrogen functional groups attached to an aromatic ring is 2. The molecule has 2 aromatic rings. The minimum Gasteiger partial charge on any atom is -0.396 e. The van der Waals surface area contributed by atoms with Crippen LogP contribution >= 0.6 is 0 Å². The van der Waals surface area contributed by atoms with E-state index in [1.165, 1.54) is 5.56 Å². The zero-order valence-electron chi connectivity index (χ0n) is 8.33. The first-order valence-electron chi connectivity index (χ1n) is 4.51. The lowest BCUT2D eigenvalue weighted by molar-refractivity contribution is 1.31. The Hall–Kier alpha value is -1.77. The van der Waals surface area contributed by atoms with E-state index < -0.39 is 0 Å². The van der Waals surface area contributed by atoms with Gasteiger partial charge in [0.05, 0.1) is 23.1 Å². The van der Waals surface area contributed by atoms with Crippen molar-refractivity contribution in [2.75, 3.05) is 11.5 Å². The summed E-state index contributed by atoms with van der Waals surface area (Å²) < 4.78 is 0. The Balaban J connectivity index is 2.94. The van der Waals surface area contributed by atoms with Crippen LogP contribution in [0.1, 0.15) is 11.1 Å². The third-order valence-corrected chi connectivity index (χ3v) is 2.64. The molecule has 1 aromatic carbocycles. The monoisotopic (exact) mass is 187 g/mol. The molecule has 0 amide bonds. The van der Waals surface area contributed by atoms with Crippen LogP contribution in [0.25, 0.3) is 10.9 Å². The van der Waals surface area contributed by atoms with Gasteiger partial charge in [0.1, 0.15) is 0 Å². The molecule has 3 nitrogen and oxygen atoms in total. The van der Waals surface area contributed by atoms with E-state index >= 15 is 0 Å². The van der Waals surface area contributed by atoms with Gasteiger partial charge in [-0.25, -0.2) is 0 Å². The lowest BCUT2D eigenvalue weighted by Gasteiger charge is -2.08. The lowest BCUT2D eigenvalue weighted by Crippen LogP contribution is -1.98. The molecule has 0 fully saturated rings. The second-order valence-corrected chi connectivity index (χ2v) is 3.53. The van der Waals surface area contributed by atoms with Crippen molar-refractivity contribution in [3.63, 3.8) is 0 Å². The summed E-state index contributed by atoms with van der Waals surface area (Å²) in [5.74, 6) is 0. The molecule has 3 heteroatoms. The summed E-state index contributed by atoms with van der Waals surface area (Å²) in [6.07, 6.45) is 1.62. The summed E-state index contributed by atoms with van der Waals surface area (Å²) in [7, 11) is 0. The van der Waals surface area contributed by atoms with E-state index in [9.17, 15) is 0 Å². The second kappa shape index (κ2) is 2.87. The van der Waals surface area contributed by atoms with Crippen LogP contribution in [0.15, 0.2) is 18.3 Å². The van der Waals surface area contributed by atoms with Gasteiger partial charge in [0.2, 0.25) is 0 Å². The van der Waals surface area contributed by atoms with Crippen molar-refractivity contribution in [1.82, 2.24) is 4.98 Å². The largest absolute Gasteiger partial charge is 0.396 e. The highest BCUT2D eigenvalue weighted by Gasteiger charge is 2.06. The number of fused-ring (bicyclic) bond motifs is 1. The Kier molecular flexibility index (Phi) is 1.81. The second-order valence-electron chi connectivity index (χ2n) is 3.53. The first-order chi connectivity index (χ1) is 6.61. The summed E-state index contributed by atoms with van der Waals surface area (Å²) in [5.41, 5.74) is 16.0. The molecule has 0 saturated heterocycles. The van der Waals surface area contributed by atoms with E-state index in [4.69, 9.17) is 11.5 Å². The average Bonchev–Trinajstić information content (AvgIpc) is 2.17. The van der Waals surface area contributed by atoms with E-state index in [-0.39, 0.29) is 0 Å². The number of rotatable bonds is 0. The zero-order chi connectivity index (χ0) is 10.3. The van der Waals surface area contributed by atoms with Gasteiger partial charge >= 0.3 is 0 Å². The Morgan fingerprint density at radius 1 is 1.14 bits per heavy atom. The van der Waals surface area contributed by atoms with Gasteiger partial charge in [0.15, 0.2) is 0 Å². The topological polar surface area (TPSA) is 64.9 Å². The van der Waals surface area contributed by atoms with E-state index in [1.54, 1.807) is 6.20 Å². The van der Waals surface area contributed by atoms with Gasteiger partial charge in [-0.05, 0) is 25.0 Å². The molecule has 1 heterocycles. The molecule has 0 atom stereocenters. The Morgan fingerprint density at radius 2 is 1.86 bits per heavy atom. The van der Waals surface area contributed by atoms with E-state index in [0.717, 1.165) is 16.5 Å². The van der Waals surface area contributed by atoms with Crippen molar-refractivity contribution in [1.29, 1.82) is 0 Å². The minimum absolute atomic E-state index is 0.542. The Labute approximate surface area is 82.7 Å². The molecular formula is C11H13N3. The number of anilines is 2. The zero-order valence-corrected chi connectivity index (χ0v) is 8.33. The number of aromatic nitrogens is 1. The van der Waals surface area contributed by atoms with Crippen molar-refractivity contribution >= 4 is 22.3 Å². The summed E-state index contributed by atoms with van der Waals surface area (Å²) in [6, 6.07) is 4.01. The predicted octanol–water partition coefficient (Wildman–Crippen LogP) is 2.02. The first kappa shape index (κ1) is 8.81. The molecule has 2 rings (SSSR count). The predicted molar refractivity (Wildman–Crippen MR) is 60.0 cm³/mol. The molecule has 0 saturated carbocycles. The molecular weight excluding hydrogens is 174 g/mol. The van der Waals surface area contributed by atoms with Crippen molar-refractivity contribution in [3.05, 3.63) is 29.5 Å². The standard InChI is InChI=1S/C11H13N3/c1-6-3-4-8-10(13)9(12)5-14-11(8)7(6)2/h3-5H,12H2,1-2H3,(H2,13,14). The van der Waals surface area contributed by atoms with Crippen LogP contribution in [0.4, 0.5) is 11.4 Å². The number of benzene rings is 1. The molecule has 0 unspecified atom stereocenters. The summed E-state index contributed by atoms with van der Waals surface area (Å²) in [6.45, 7) is 4.10. The normalized spacial score (nSPS) is 10.7. The quantitative estimate of drug-likeness (QED) is 0.663. The van der Waals surface area contributed by atoms with E-state index in [0.29, 0.717) is 11.4 Å².